The quantitative estimate of drug-likeness (QED) is 0.898. The molecule has 0 heterocycles. The Morgan fingerprint density at radius 2 is 2.21 bits per heavy atom. The Kier molecular flexibility index (Phi) is 5.18. The Labute approximate surface area is 123 Å². The minimum absolute atomic E-state index is 0. The first kappa shape index (κ1) is 16.2. The van der Waals surface area contributed by atoms with E-state index in [1.54, 1.807) is 0 Å². The highest BCUT2D eigenvalue weighted by molar-refractivity contribution is 6.31. The van der Waals surface area contributed by atoms with Gasteiger partial charge in [0.15, 0.2) is 0 Å². The van der Waals surface area contributed by atoms with Crippen LogP contribution in [0.4, 0.5) is 4.39 Å². The van der Waals surface area contributed by atoms with Gasteiger partial charge in [-0.2, -0.15) is 0 Å². The van der Waals surface area contributed by atoms with Crippen LogP contribution in [0.5, 0.6) is 0 Å². The first-order chi connectivity index (χ1) is 8.46. The summed E-state index contributed by atoms with van der Waals surface area (Å²) in [4.78, 5) is 12.1. The molecule has 0 spiro atoms. The van der Waals surface area contributed by atoms with Crippen molar-refractivity contribution in [2.45, 2.75) is 25.3 Å². The summed E-state index contributed by atoms with van der Waals surface area (Å²) >= 11 is 5.66. The molecule has 3 nitrogen and oxygen atoms in total. The van der Waals surface area contributed by atoms with Crippen molar-refractivity contribution < 1.29 is 9.18 Å². The van der Waals surface area contributed by atoms with Gasteiger partial charge in [0.05, 0.1) is 10.6 Å². The molecule has 1 aromatic rings. The van der Waals surface area contributed by atoms with Crippen LogP contribution in [-0.2, 0) is 0 Å². The molecular formula is C13H17Cl2FN2O. The van der Waals surface area contributed by atoms with Gasteiger partial charge in [0.25, 0.3) is 5.91 Å². The summed E-state index contributed by atoms with van der Waals surface area (Å²) < 4.78 is 13.0. The fourth-order valence-corrected chi connectivity index (χ4v) is 2.19. The van der Waals surface area contributed by atoms with Crippen molar-refractivity contribution in [3.8, 4) is 0 Å². The van der Waals surface area contributed by atoms with E-state index in [1.807, 2.05) is 6.92 Å². The summed E-state index contributed by atoms with van der Waals surface area (Å²) in [7, 11) is 0. The third-order valence-electron chi connectivity index (χ3n) is 3.48. The Hall–Kier alpha value is -0.840. The molecule has 3 N–H and O–H groups in total. The third kappa shape index (κ3) is 3.59. The lowest BCUT2D eigenvalue weighted by Crippen LogP contribution is -2.53. The second-order valence-electron chi connectivity index (χ2n) is 4.98. The molecular weight excluding hydrogens is 290 g/mol. The molecule has 0 saturated heterocycles. The summed E-state index contributed by atoms with van der Waals surface area (Å²) in [5.74, 6) is -0.365. The second-order valence-corrected chi connectivity index (χ2v) is 5.39. The van der Waals surface area contributed by atoms with Gasteiger partial charge in [-0.3, -0.25) is 4.79 Å². The molecule has 0 bridgehead atoms. The van der Waals surface area contributed by atoms with Crippen LogP contribution in [0.1, 0.15) is 30.1 Å². The van der Waals surface area contributed by atoms with E-state index in [0.717, 1.165) is 12.8 Å². The second kappa shape index (κ2) is 6.07. The van der Waals surface area contributed by atoms with Gasteiger partial charge in [-0.05, 0) is 43.9 Å². The maximum absolute atomic E-state index is 13.0. The minimum atomic E-state index is -0.531. The third-order valence-corrected chi connectivity index (χ3v) is 3.77. The lowest BCUT2D eigenvalue weighted by atomic mass is 9.95. The van der Waals surface area contributed by atoms with Gasteiger partial charge >= 0.3 is 0 Å². The number of nitrogens with two attached hydrogens (primary N) is 1. The summed E-state index contributed by atoms with van der Waals surface area (Å²) in [6.45, 7) is 2.33. The Morgan fingerprint density at radius 3 is 2.68 bits per heavy atom. The zero-order valence-corrected chi connectivity index (χ0v) is 12.2. The number of nitrogens with one attached hydrogen (secondary N) is 1. The number of carbonyl (C=O) groups is 1. The number of carbonyl (C=O) groups excluding carboxylic acids is 1. The van der Waals surface area contributed by atoms with E-state index < -0.39 is 11.4 Å². The van der Waals surface area contributed by atoms with Crippen molar-refractivity contribution in [3.05, 3.63) is 34.6 Å². The lowest BCUT2D eigenvalue weighted by molar-refractivity contribution is 0.0898. The van der Waals surface area contributed by atoms with Crippen molar-refractivity contribution in [2.75, 3.05) is 6.54 Å². The molecule has 2 rings (SSSR count). The number of hydrogen-bond donors (Lipinski definition) is 2. The minimum Gasteiger partial charge on any atom is -0.345 e. The molecule has 0 radical (unpaired) electrons. The van der Waals surface area contributed by atoms with Crippen LogP contribution in [0.3, 0.4) is 0 Å². The molecule has 1 aliphatic carbocycles. The smallest absolute Gasteiger partial charge is 0.251 e. The fourth-order valence-electron chi connectivity index (χ4n) is 2.01. The normalized spacial score (nSPS) is 17.3. The number of hydrogen-bond acceptors (Lipinski definition) is 2. The molecule has 106 valence electrons. The maximum Gasteiger partial charge on any atom is 0.251 e. The van der Waals surface area contributed by atoms with E-state index in [2.05, 4.69) is 5.32 Å². The van der Waals surface area contributed by atoms with Gasteiger partial charge in [-0.25, -0.2) is 4.39 Å². The molecule has 1 atom stereocenters. The highest BCUT2D eigenvalue weighted by Crippen LogP contribution is 2.39. The van der Waals surface area contributed by atoms with Crippen LogP contribution in [0, 0.1) is 11.7 Å². The predicted molar refractivity (Wildman–Crippen MR) is 76.3 cm³/mol. The van der Waals surface area contributed by atoms with Crippen LogP contribution in [0.25, 0.3) is 0 Å². The molecule has 0 aliphatic heterocycles. The van der Waals surface area contributed by atoms with E-state index >= 15 is 0 Å². The number of rotatable bonds is 4. The number of halogens is 3. The Bertz CT molecular complexity index is 480. The van der Waals surface area contributed by atoms with E-state index in [0.29, 0.717) is 18.0 Å². The van der Waals surface area contributed by atoms with Gasteiger partial charge < -0.3 is 11.1 Å². The molecule has 0 aromatic heterocycles. The summed E-state index contributed by atoms with van der Waals surface area (Å²) in [5.41, 5.74) is 5.69. The lowest BCUT2D eigenvalue weighted by Gasteiger charge is -2.29. The highest BCUT2D eigenvalue weighted by atomic mass is 35.5. The summed E-state index contributed by atoms with van der Waals surface area (Å²) in [6.07, 6.45) is 2.16. The average Bonchev–Trinajstić information content (AvgIpc) is 3.16. The van der Waals surface area contributed by atoms with Gasteiger partial charge in [0, 0.05) is 12.1 Å². The molecule has 6 heteroatoms. The standard InChI is InChI=1S/C13H16ClFN2O.ClH/c1-13(7-16,9-3-4-9)17-12(18)8-2-5-11(15)10(14)6-8;/h2,5-6,9H,3-4,7,16H2,1H3,(H,17,18);1H. The van der Waals surface area contributed by atoms with Crippen molar-refractivity contribution in [3.63, 3.8) is 0 Å². The van der Waals surface area contributed by atoms with E-state index in [-0.39, 0.29) is 23.3 Å². The number of amides is 1. The monoisotopic (exact) mass is 306 g/mol. The molecule has 19 heavy (non-hydrogen) atoms. The zero-order chi connectivity index (χ0) is 13.3. The van der Waals surface area contributed by atoms with Crippen LogP contribution in [0.15, 0.2) is 18.2 Å². The molecule has 1 unspecified atom stereocenters. The average molecular weight is 307 g/mol. The van der Waals surface area contributed by atoms with E-state index in [4.69, 9.17) is 17.3 Å². The van der Waals surface area contributed by atoms with Gasteiger partial charge in [-0.1, -0.05) is 11.6 Å². The summed E-state index contributed by atoms with van der Waals surface area (Å²) in [5, 5.41) is 2.87. The van der Waals surface area contributed by atoms with Gasteiger partial charge in [0.1, 0.15) is 5.82 Å². The first-order valence-electron chi connectivity index (χ1n) is 5.94. The highest BCUT2D eigenvalue weighted by Gasteiger charge is 2.41. The van der Waals surface area contributed by atoms with Crippen molar-refractivity contribution in [1.29, 1.82) is 0 Å². The first-order valence-corrected chi connectivity index (χ1v) is 6.32. The Morgan fingerprint density at radius 1 is 1.58 bits per heavy atom. The van der Waals surface area contributed by atoms with E-state index in [9.17, 15) is 9.18 Å². The molecule has 1 fully saturated rings. The van der Waals surface area contributed by atoms with Crippen LogP contribution in [-0.4, -0.2) is 18.0 Å². The SMILES string of the molecule is CC(CN)(NC(=O)c1ccc(F)c(Cl)c1)C1CC1.Cl. The van der Waals surface area contributed by atoms with Crippen LogP contribution in [0.2, 0.25) is 5.02 Å². The summed E-state index contributed by atoms with van der Waals surface area (Å²) in [6, 6.07) is 3.94. The van der Waals surface area contributed by atoms with Gasteiger partial charge in [-0.15, -0.1) is 12.4 Å². The van der Waals surface area contributed by atoms with Crippen LogP contribution < -0.4 is 11.1 Å². The largest absolute Gasteiger partial charge is 0.345 e. The van der Waals surface area contributed by atoms with Crippen molar-refractivity contribution in [2.24, 2.45) is 11.7 Å². The predicted octanol–water partition coefficient (Wildman–Crippen LogP) is 2.76. The Balaban J connectivity index is 0.00000180. The van der Waals surface area contributed by atoms with Gasteiger partial charge in [0.2, 0.25) is 0 Å². The molecule has 1 saturated carbocycles. The fraction of sp³-hybridized carbons (Fsp3) is 0.462. The number of benzene rings is 1. The molecule has 1 aromatic carbocycles. The van der Waals surface area contributed by atoms with Crippen molar-refractivity contribution in [1.82, 2.24) is 5.32 Å². The maximum atomic E-state index is 13.0. The zero-order valence-electron chi connectivity index (χ0n) is 10.6. The molecule has 1 aliphatic rings. The van der Waals surface area contributed by atoms with E-state index in [1.165, 1.54) is 18.2 Å². The topological polar surface area (TPSA) is 55.1 Å². The molecule has 1 amide bonds. The van der Waals surface area contributed by atoms with Crippen molar-refractivity contribution >= 4 is 29.9 Å². The van der Waals surface area contributed by atoms with Crippen LogP contribution >= 0.6 is 24.0 Å².